The summed E-state index contributed by atoms with van der Waals surface area (Å²) in [6.45, 7) is 8.63. The van der Waals surface area contributed by atoms with Gasteiger partial charge in [0.05, 0.1) is 0 Å². The van der Waals surface area contributed by atoms with Crippen LogP contribution in [0.3, 0.4) is 0 Å². The van der Waals surface area contributed by atoms with E-state index in [9.17, 15) is 0 Å². The molecule has 0 fully saturated rings. The van der Waals surface area contributed by atoms with Crippen LogP contribution in [-0.4, -0.2) is 0 Å². The first-order valence-corrected chi connectivity index (χ1v) is 7.96. The van der Waals surface area contributed by atoms with E-state index in [0.29, 0.717) is 5.92 Å². The molecule has 3 N–H and O–H groups in total. The van der Waals surface area contributed by atoms with E-state index >= 15 is 0 Å². The quantitative estimate of drug-likeness (QED) is 0.755. The van der Waals surface area contributed by atoms with Gasteiger partial charge in [-0.3, -0.25) is 0 Å². The second-order valence-corrected chi connectivity index (χ2v) is 5.53. The second kappa shape index (κ2) is 9.67. The van der Waals surface area contributed by atoms with Crippen molar-refractivity contribution in [2.24, 2.45) is 5.73 Å². The van der Waals surface area contributed by atoms with E-state index in [-0.39, 0.29) is 0 Å². The lowest BCUT2D eigenvalue weighted by molar-refractivity contribution is 0.869. The first-order chi connectivity index (χ1) is 10.6. The molecule has 0 saturated carbocycles. The highest BCUT2D eigenvalue weighted by molar-refractivity contribution is 5.70. The topological polar surface area (TPSA) is 38.0 Å². The van der Waals surface area contributed by atoms with Crippen molar-refractivity contribution in [2.45, 2.75) is 40.0 Å². The summed E-state index contributed by atoms with van der Waals surface area (Å²) in [6, 6.07) is 16.9. The molecule has 2 heteroatoms. The van der Waals surface area contributed by atoms with Gasteiger partial charge in [-0.05, 0) is 28.7 Å². The second-order valence-electron chi connectivity index (χ2n) is 5.53. The largest absolute Gasteiger partial charge is 0.403 e. The fourth-order valence-electron chi connectivity index (χ4n) is 2.13. The SMILES string of the molecule is CC(C)c1ccc(-c2ccccc2)cc1N/C=C\N.CCC. The average Bonchev–Trinajstić information content (AvgIpc) is 2.54. The Morgan fingerprint density at radius 3 is 2.18 bits per heavy atom. The highest BCUT2D eigenvalue weighted by Gasteiger charge is 2.07. The molecule has 0 aliphatic rings. The van der Waals surface area contributed by atoms with Crippen molar-refractivity contribution in [3.05, 3.63) is 66.5 Å². The molecule has 0 radical (unpaired) electrons. The lowest BCUT2D eigenvalue weighted by Crippen LogP contribution is -1.98. The summed E-state index contributed by atoms with van der Waals surface area (Å²) in [5.41, 5.74) is 10.2. The zero-order chi connectivity index (χ0) is 16.4. The summed E-state index contributed by atoms with van der Waals surface area (Å²) >= 11 is 0. The fourth-order valence-corrected chi connectivity index (χ4v) is 2.13. The third-order valence-corrected chi connectivity index (χ3v) is 3.12. The predicted octanol–water partition coefficient (Wildman–Crippen LogP) is 5.74. The molecule has 0 amide bonds. The molecule has 22 heavy (non-hydrogen) atoms. The molecule has 0 aromatic heterocycles. The molecule has 0 bridgehead atoms. The van der Waals surface area contributed by atoms with Gasteiger partial charge >= 0.3 is 0 Å². The number of hydrogen-bond acceptors (Lipinski definition) is 2. The molecule has 0 spiro atoms. The minimum atomic E-state index is 0.471. The van der Waals surface area contributed by atoms with E-state index in [1.54, 1.807) is 6.20 Å². The van der Waals surface area contributed by atoms with Gasteiger partial charge in [-0.1, -0.05) is 76.6 Å². The third-order valence-electron chi connectivity index (χ3n) is 3.12. The third kappa shape index (κ3) is 5.28. The lowest BCUT2D eigenvalue weighted by atomic mass is 9.96. The van der Waals surface area contributed by atoms with Gasteiger partial charge in [0.1, 0.15) is 0 Å². The average molecular weight is 296 g/mol. The molecule has 0 unspecified atom stereocenters. The van der Waals surface area contributed by atoms with Crippen LogP contribution in [0.5, 0.6) is 0 Å². The number of nitrogens with two attached hydrogens (primary N) is 1. The normalized spacial score (nSPS) is 10.4. The lowest BCUT2D eigenvalue weighted by Gasteiger charge is -2.14. The van der Waals surface area contributed by atoms with Crippen LogP contribution in [0.1, 0.15) is 45.6 Å². The van der Waals surface area contributed by atoms with E-state index in [2.05, 4.69) is 75.5 Å². The molecule has 0 heterocycles. The van der Waals surface area contributed by atoms with Gasteiger partial charge in [0, 0.05) is 18.1 Å². The molecule has 0 saturated heterocycles. The summed E-state index contributed by atoms with van der Waals surface area (Å²) in [6.07, 6.45) is 4.52. The van der Waals surface area contributed by atoms with Crippen molar-refractivity contribution >= 4 is 5.69 Å². The van der Waals surface area contributed by atoms with E-state index in [0.717, 1.165) is 5.69 Å². The molecule has 2 rings (SSSR count). The van der Waals surface area contributed by atoms with Gasteiger partial charge in [-0.25, -0.2) is 0 Å². The summed E-state index contributed by atoms with van der Waals surface area (Å²) in [5.74, 6) is 0.471. The van der Waals surface area contributed by atoms with Crippen LogP contribution >= 0.6 is 0 Å². The van der Waals surface area contributed by atoms with Gasteiger partial charge in [0.2, 0.25) is 0 Å². The van der Waals surface area contributed by atoms with Crippen molar-refractivity contribution < 1.29 is 0 Å². The maximum absolute atomic E-state index is 5.41. The first kappa shape index (κ1) is 17.8. The van der Waals surface area contributed by atoms with Crippen LogP contribution in [0.15, 0.2) is 60.9 Å². The molecule has 2 nitrogen and oxygen atoms in total. The van der Waals surface area contributed by atoms with E-state index in [1.807, 2.05) is 6.07 Å². The zero-order valence-electron chi connectivity index (χ0n) is 14.1. The Hall–Kier alpha value is -2.22. The minimum absolute atomic E-state index is 0.471. The van der Waals surface area contributed by atoms with Gasteiger partial charge in [-0.15, -0.1) is 0 Å². The van der Waals surface area contributed by atoms with E-state index in [1.165, 1.54) is 29.3 Å². The van der Waals surface area contributed by atoms with Crippen LogP contribution in [0, 0.1) is 0 Å². The van der Waals surface area contributed by atoms with Crippen LogP contribution < -0.4 is 11.1 Å². The molecule has 0 aliphatic carbocycles. The summed E-state index contributed by atoms with van der Waals surface area (Å²) in [7, 11) is 0. The van der Waals surface area contributed by atoms with Crippen LogP contribution in [0.4, 0.5) is 5.69 Å². The molecular formula is C20H28N2. The smallest absolute Gasteiger partial charge is 0.0421 e. The van der Waals surface area contributed by atoms with E-state index < -0.39 is 0 Å². The number of nitrogens with one attached hydrogen (secondary N) is 1. The standard InChI is InChI=1S/C17H20N2.C3H8/c1-13(2)16-9-8-15(12-17(16)19-11-10-18)14-6-4-3-5-7-14;1-3-2/h3-13,19H,18H2,1-2H3;3H2,1-2H3/b11-10-;. The minimum Gasteiger partial charge on any atom is -0.403 e. The zero-order valence-corrected chi connectivity index (χ0v) is 14.1. The van der Waals surface area contributed by atoms with Gasteiger partial charge < -0.3 is 11.1 Å². The first-order valence-electron chi connectivity index (χ1n) is 7.96. The number of benzene rings is 2. The van der Waals surface area contributed by atoms with Crippen LogP contribution in [0.25, 0.3) is 11.1 Å². The Morgan fingerprint density at radius 1 is 1.00 bits per heavy atom. The van der Waals surface area contributed by atoms with Crippen molar-refractivity contribution in [1.29, 1.82) is 0 Å². The number of hydrogen-bond donors (Lipinski definition) is 2. The van der Waals surface area contributed by atoms with Crippen molar-refractivity contribution in [3.63, 3.8) is 0 Å². The summed E-state index contributed by atoms with van der Waals surface area (Å²) < 4.78 is 0. The van der Waals surface area contributed by atoms with E-state index in [4.69, 9.17) is 5.73 Å². The highest BCUT2D eigenvalue weighted by Crippen LogP contribution is 2.30. The molecular weight excluding hydrogens is 268 g/mol. The van der Waals surface area contributed by atoms with Crippen molar-refractivity contribution in [3.8, 4) is 11.1 Å². The van der Waals surface area contributed by atoms with Crippen LogP contribution in [-0.2, 0) is 0 Å². The maximum Gasteiger partial charge on any atom is 0.0421 e. The Bertz CT molecular complexity index is 572. The van der Waals surface area contributed by atoms with Crippen LogP contribution in [0.2, 0.25) is 0 Å². The highest BCUT2D eigenvalue weighted by atomic mass is 14.8. The summed E-state index contributed by atoms with van der Waals surface area (Å²) in [4.78, 5) is 0. The maximum atomic E-state index is 5.41. The predicted molar refractivity (Wildman–Crippen MR) is 98.9 cm³/mol. The Labute approximate surface area is 135 Å². The Balaban J connectivity index is 0.000000745. The molecule has 2 aromatic rings. The Kier molecular flexibility index (Phi) is 7.84. The summed E-state index contributed by atoms with van der Waals surface area (Å²) in [5, 5.41) is 3.25. The number of rotatable bonds is 4. The molecule has 2 aromatic carbocycles. The van der Waals surface area contributed by atoms with Crippen molar-refractivity contribution in [1.82, 2.24) is 0 Å². The van der Waals surface area contributed by atoms with Crippen molar-refractivity contribution in [2.75, 3.05) is 5.32 Å². The van der Waals surface area contributed by atoms with Gasteiger partial charge in [-0.2, -0.15) is 0 Å². The Morgan fingerprint density at radius 2 is 1.64 bits per heavy atom. The molecule has 0 atom stereocenters. The number of anilines is 1. The molecule has 0 aliphatic heterocycles. The van der Waals surface area contributed by atoms with Gasteiger partial charge in [0.25, 0.3) is 0 Å². The fraction of sp³-hybridized carbons (Fsp3) is 0.300. The molecule has 118 valence electrons. The monoisotopic (exact) mass is 296 g/mol. The van der Waals surface area contributed by atoms with Gasteiger partial charge in [0.15, 0.2) is 0 Å².